The first-order valence-electron chi connectivity index (χ1n) is 3.75. The molecule has 1 rings (SSSR count). The largest absolute Gasteiger partial charge is 0.399 e. The summed E-state index contributed by atoms with van der Waals surface area (Å²) < 4.78 is 0. The third-order valence-corrected chi connectivity index (χ3v) is 1.56. The lowest BCUT2D eigenvalue weighted by molar-refractivity contribution is -0.383. The van der Waals surface area contributed by atoms with Gasteiger partial charge < -0.3 is 10.6 Å². The van der Waals surface area contributed by atoms with E-state index in [0.717, 1.165) is 0 Å². The Hall–Kier alpha value is -2.11. The molecule has 0 bridgehead atoms. The minimum Gasteiger partial charge on any atom is -0.399 e. The number of hydrogen-bond acceptors (Lipinski definition) is 5. The highest BCUT2D eigenvalue weighted by Gasteiger charge is 2.10. The smallest absolute Gasteiger partial charge is 0.292 e. The first-order chi connectivity index (χ1) is 6.65. The normalized spacial score (nSPS) is 10.4. The molecular weight excluding hydrogens is 186 g/mol. The van der Waals surface area contributed by atoms with Crippen LogP contribution in [0, 0.1) is 10.1 Å². The molecule has 0 atom stereocenters. The third-order valence-electron chi connectivity index (χ3n) is 1.56. The van der Waals surface area contributed by atoms with Crippen molar-refractivity contribution in [3.63, 3.8) is 0 Å². The summed E-state index contributed by atoms with van der Waals surface area (Å²) in [5, 5.41) is 14.0. The SMILES string of the molecule is CO/N=C/c1ccc(N)c([N+](=O)[O-])c1. The van der Waals surface area contributed by atoms with Crippen LogP contribution in [0.4, 0.5) is 11.4 Å². The molecule has 14 heavy (non-hydrogen) atoms. The number of oxime groups is 1. The van der Waals surface area contributed by atoms with E-state index >= 15 is 0 Å². The van der Waals surface area contributed by atoms with Crippen molar-refractivity contribution in [2.75, 3.05) is 12.8 Å². The van der Waals surface area contributed by atoms with E-state index in [0.29, 0.717) is 5.56 Å². The van der Waals surface area contributed by atoms with E-state index in [1.807, 2.05) is 0 Å². The Balaban J connectivity index is 3.06. The molecule has 0 aliphatic heterocycles. The molecule has 6 nitrogen and oxygen atoms in total. The Labute approximate surface area is 80.1 Å². The summed E-state index contributed by atoms with van der Waals surface area (Å²) in [5.41, 5.74) is 5.96. The summed E-state index contributed by atoms with van der Waals surface area (Å²) in [4.78, 5) is 14.4. The number of nitro groups is 1. The van der Waals surface area contributed by atoms with E-state index < -0.39 is 4.92 Å². The Morgan fingerprint density at radius 1 is 1.64 bits per heavy atom. The zero-order valence-corrected chi connectivity index (χ0v) is 7.51. The number of anilines is 1. The van der Waals surface area contributed by atoms with E-state index in [1.165, 1.54) is 25.5 Å². The maximum atomic E-state index is 10.5. The first-order valence-corrected chi connectivity index (χ1v) is 3.75. The summed E-state index contributed by atoms with van der Waals surface area (Å²) >= 11 is 0. The summed E-state index contributed by atoms with van der Waals surface area (Å²) in [6, 6.07) is 4.40. The van der Waals surface area contributed by atoms with Crippen LogP contribution in [-0.2, 0) is 4.84 Å². The van der Waals surface area contributed by atoms with Gasteiger partial charge in [0.25, 0.3) is 5.69 Å². The second kappa shape index (κ2) is 4.22. The monoisotopic (exact) mass is 195 g/mol. The Bertz CT molecular complexity index is 376. The van der Waals surface area contributed by atoms with Crippen LogP contribution in [0.25, 0.3) is 0 Å². The van der Waals surface area contributed by atoms with Gasteiger partial charge in [0.15, 0.2) is 0 Å². The van der Waals surface area contributed by atoms with E-state index in [9.17, 15) is 10.1 Å². The van der Waals surface area contributed by atoms with Crippen molar-refractivity contribution in [2.24, 2.45) is 5.16 Å². The van der Waals surface area contributed by atoms with Crippen molar-refractivity contribution in [3.05, 3.63) is 33.9 Å². The highest BCUT2D eigenvalue weighted by Crippen LogP contribution is 2.21. The molecule has 2 N–H and O–H groups in total. The molecule has 0 unspecified atom stereocenters. The first kappa shape index (κ1) is 9.97. The van der Waals surface area contributed by atoms with Crippen molar-refractivity contribution >= 4 is 17.6 Å². The molecule has 0 aromatic heterocycles. The standard InChI is InChI=1S/C8H9N3O3/c1-14-10-5-6-2-3-7(9)8(4-6)11(12)13/h2-5H,9H2,1H3/b10-5+. The molecule has 0 radical (unpaired) electrons. The zero-order valence-electron chi connectivity index (χ0n) is 7.51. The fourth-order valence-electron chi connectivity index (χ4n) is 0.913. The van der Waals surface area contributed by atoms with Crippen molar-refractivity contribution in [1.29, 1.82) is 0 Å². The Morgan fingerprint density at radius 3 is 2.93 bits per heavy atom. The van der Waals surface area contributed by atoms with Crippen molar-refractivity contribution in [3.8, 4) is 0 Å². The van der Waals surface area contributed by atoms with Gasteiger partial charge in [-0.05, 0) is 6.07 Å². The van der Waals surface area contributed by atoms with Gasteiger partial charge in [0.05, 0.1) is 11.1 Å². The topological polar surface area (TPSA) is 90.8 Å². The number of benzene rings is 1. The van der Waals surface area contributed by atoms with Gasteiger partial charge in [0, 0.05) is 11.6 Å². The second-order valence-electron chi connectivity index (χ2n) is 2.49. The number of nitrogens with zero attached hydrogens (tertiary/aromatic N) is 2. The van der Waals surface area contributed by atoms with E-state index in [2.05, 4.69) is 9.99 Å². The van der Waals surface area contributed by atoms with Crippen LogP contribution >= 0.6 is 0 Å². The minimum absolute atomic E-state index is 0.129. The highest BCUT2D eigenvalue weighted by atomic mass is 16.6. The van der Waals surface area contributed by atoms with E-state index in [4.69, 9.17) is 5.73 Å². The maximum Gasteiger partial charge on any atom is 0.292 e. The van der Waals surface area contributed by atoms with Gasteiger partial charge in [0.1, 0.15) is 12.8 Å². The van der Waals surface area contributed by atoms with Crippen LogP contribution in [0.3, 0.4) is 0 Å². The van der Waals surface area contributed by atoms with Gasteiger partial charge in [-0.15, -0.1) is 0 Å². The molecule has 0 aliphatic carbocycles. The average Bonchev–Trinajstić information content (AvgIpc) is 2.16. The highest BCUT2D eigenvalue weighted by molar-refractivity contribution is 5.82. The number of nitrogens with two attached hydrogens (primary N) is 1. The average molecular weight is 195 g/mol. The predicted octanol–water partition coefficient (Wildman–Crippen LogP) is 1.16. The number of rotatable bonds is 3. The lowest BCUT2D eigenvalue weighted by atomic mass is 10.2. The van der Waals surface area contributed by atoms with Crippen molar-refractivity contribution < 1.29 is 9.76 Å². The maximum absolute atomic E-state index is 10.5. The molecule has 6 heteroatoms. The molecule has 1 aromatic rings. The fourth-order valence-corrected chi connectivity index (χ4v) is 0.913. The van der Waals surface area contributed by atoms with Crippen molar-refractivity contribution in [1.82, 2.24) is 0 Å². The van der Waals surface area contributed by atoms with Crippen LogP contribution < -0.4 is 5.73 Å². The summed E-state index contributed by atoms with van der Waals surface area (Å²) in [7, 11) is 1.39. The van der Waals surface area contributed by atoms with Gasteiger partial charge in [-0.2, -0.15) is 0 Å². The van der Waals surface area contributed by atoms with Crippen LogP contribution in [0.2, 0.25) is 0 Å². The second-order valence-corrected chi connectivity index (χ2v) is 2.49. The Morgan fingerprint density at radius 2 is 2.36 bits per heavy atom. The number of nitro benzene ring substituents is 1. The van der Waals surface area contributed by atoms with Crippen LogP contribution in [0.1, 0.15) is 5.56 Å². The van der Waals surface area contributed by atoms with Gasteiger partial charge >= 0.3 is 0 Å². The number of hydrogen-bond donors (Lipinski definition) is 1. The van der Waals surface area contributed by atoms with Crippen LogP contribution in [0.5, 0.6) is 0 Å². The van der Waals surface area contributed by atoms with Gasteiger partial charge in [-0.25, -0.2) is 0 Å². The molecule has 0 amide bonds. The molecule has 0 aliphatic rings. The minimum atomic E-state index is -0.542. The third kappa shape index (κ3) is 2.19. The quantitative estimate of drug-likeness (QED) is 0.339. The fraction of sp³-hybridized carbons (Fsp3) is 0.125. The summed E-state index contributed by atoms with van der Waals surface area (Å²) in [6.07, 6.45) is 1.37. The number of nitrogen functional groups attached to an aromatic ring is 1. The predicted molar refractivity (Wildman–Crippen MR) is 52.1 cm³/mol. The molecule has 0 saturated heterocycles. The van der Waals surface area contributed by atoms with Crippen LogP contribution in [-0.4, -0.2) is 18.2 Å². The molecule has 0 fully saturated rings. The van der Waals surface area contributed by atoms with Gasteiger partial charge in [-0.1, -0.05) is 11.2 Å². The van der Waals surface area contributed by atoms with Crippen LogP contribution in [0.15, 0.2) is 23.4 Å². The van der Waals surface area contributed by atoms with Gasteiger partial charge in [-0.3, -0.25) is 10.1 Å². The molecule has 0 saturated carbocycles. The molecule has 0 heterocycles. The van der Waals surface area contributed by atoms with E-state index in [1.54, 1.807) is 6.07 Å². The molecule has 1 aromatic carbocycles. The Kier molecular flexibility index (Phi) is 3.01. The molecule has 74 valence electrons. The lowest BCUT2D eigenvalue weighted by Crippen LogP contribution is -1.96. The zero-order chi connectivity index (χ0) is 10.6. The summed E-state index contributed by atoms with van der Waals surface area (Å²) in [6.45, 7) is 0. The van der Waals surface area contributed by atoms with E-state index in [-0.39, 0.29) is 11.4 Å². The molecular formula is C8H9N3O3. The van der Waals surface area contributed by atoms with Crippen molar-refractivity contribution in [2.45, 2.75) is 0 Å². The molecule has 0 spiro atoms. The van der Waals surface area contributed by atoms with Gasteiger partial charge in [0.2, 0.25) is 0 Å². The lowest BCUT2D eigenvalue weighted by Gasteiger charge is -1.97. The summed E-state index contributed by atoms with van der Waals surface area (Å²) in [5.74, 6) is 0.